The lowest BCUT2D eigenvalue weighted by Gasteiger charge is -2.05. The molecule has 0 aliphatic rings. The van der Waals surface area contributed by atoms with E-state index < -0.39 is 12.0 Å². The number of nitrogens with one attached hydrogen (secondary N) is 1. The molecule has 0 aliphatic carbocycles. The molecular formula is C15H12F3NO. The number of carbonyl (C=O) groups is 1. The number of carbonyl (C=O) groups excluding carboxylic acids is 1. The van der Waals surface area contributed by atoms with Crippen LogP contribution in [0.4, 0.5) is 13.2 Å². The van der Waals surface area contributed by atoms with Gasteiger partial charge in [0.2, 0.25) is 0 Å². The lowest BCUT2D eigenvalue weighted by atomic mass is 10.0. The Kier molecular flexibility index (Phi) is 3.53. The van der Waals surface area contributed by atoms with Crippen molar-refractivity contribution in [2.45, 2.75) is 13.1 Å². The van der Waals surface area contributed by atoms with Gasteiger partial charge in [-0.25, -0.2) is 0 Å². The van der Waals surface area contributed by atoms with E-state index >= 15 is 0 Å². The van der Waals surface area contributed by atoms with Crippen LogP contribution < -0.4 is 0 Å². The highest BCUT2D eigenvalue weighted by atomic mass is 19.4. The molecule has 0 atom stereocenters. The number of Topliss-reactive ketones (excluding diaryl/α,β-unsaturated/α-hetero) is 1. The van der Waals surface area contributed by atoms with E-state index in [4.69, 9.17) is 0 Å². The second-order valence-electron chi connectivity index (χ2n) is 4.48. The lowest BCUT2D eigenvalue weighted by Crippen LogP contribution is -2.22. The van der Waals surface area contributed by atoms with E-state index in [9.17, 15) is 18.0 Å². The predicted octanol–water partition coefficient (Wildman–Crippen LogP) is 4.50. The summed E-state index contributed by atoms with van der Waals surface area (Å²) in [4.78, 5) is 14.1. The quantitative estimate of drug-likeness (QED) is 0.651. The lowest BCUT2D eigenvalue weighted by molar-refractivity contribution is -0.0884. The zero-order chi connectivity index (χ0) is 14.9. The van der Waals surface area contributed by atoms with E-state index in [0.29, 0.717) is 11.1 Å². The predicted molar refractivity (Wildman–Crippen MR) is 72.5 cm³/mol. The Bertz CT molecular complexity index is 707. The highest BCUT2D eigenvalue weighted by Gasteiger charge is 2.40. The maximum absolute atomic E-state index is 12.6. The van der Waals surface area contributed by atoms with Gasteiger partial charge in [-0.05, 0) is 18.6 Å². The molecule has 2 nitrogen and oxygen atoms in total. The van der Waals surface area contributed by atoms with Gasteiger partial charge in [0.25, 0.3) is 5.78 Å². The van der Waals surface area contributed by atoms with E-state index in [2.05, 4.69) is 11.6 Å². The third-order valence-corrected chi connectivity index (χ3v) is 2.79. The van der Waals surface area contributed by atoms with Gasteiger partial charge in [0, 0.05) is 17.1 Å². The zero-order valence-electron chi connectivity index (χ0n) is 10.7. The number of ketones is 1. The summed E-state index contributed by atoms with van der Waals surface area (Å²) in [6.45, 7) is 5.47. The third kappa shape index (κ3) is 2.66. The van der Waals surface area contributed by atoms with E-state index in [1.165, 1.54) is 0 Å². The maximum Gasteiger partial charge on any atom is 0.454 e. The number of allylic oxidation sites excluding steroid dienone is 2. The number of benzene rings is 1. The fraction of sp³-hybridized carbons (Fsp3) is 0.133. The topological polar surface area (TPSA) is 32.9 Å². The van der Waals surface area contributed by atoms with Crippen molar-refractivity contribution in [2.75, 3.05) is 0 Å². The summed E-state index contributed by atoms with van der Waals surface area (Å²) in [7, 11) is 0. The van der Waals surface area contributed by atoms with Crippen LogP contribution in [0.1, 0.15) is 22.8 Å². The molecule has 1 N–H and O–H groups in total. The SMILES string of the molecule is C=C(C)/C=C/c1cccc2[nH]cc(C(=O)C(F)(F)F)c12. The molecule has 1 aromatic heterocycles. The minimum Gasteiger partial charge on any atom is -0.360 e. The van der Waals surface area contributed by atoms with Crippen LogP contribution in [0.25, 0.3) is 17.0 Å². The molecule has 2 rings (SSSR count). The molecule has 104 valence electrons. The van der Waals surface area contributed by atoms with E-state index in [1.54, 1.807) is 37.3 Å². The fourth-order valence-corrected chi connectivity index (χ4v) is 1.92. The van der Waals surface area contributed by atoms with Gasteiger partial charge >= 0.3 is 6.18 Å². The smallest absolute Gasteiger partial charge is 0.360 e. The van der Waals surface area contributed by atoms with Gasteiger partial charge in [-0.15, -0.1) is 0 Å². The Morgan fingerprint density at radius 1 is 1.35 bits per heavy atom. The summed E-state index contributed by atoms with van der Waals surface area (Å²) >= 11 is 0. The summed E-state index contributed by atoms with van der Waals surface area (Å²) in [5, 5.41) is 0.271. The number of halogens is 3. The second kappa shape index (κ2) is 5.00. The number of aromatic nitrogens is 1. The van der Waals surface area contributed by atoms with Crippen LogP contribution in [0.2, 0.25) is 0 Å². The number of rotatable bonds is 3. The van der Waals surface area contributed by atoms with Gasteiger partial charge in [-0.1, -0.05) is 36.4 Å². The number of hydrogen-bond donors (Lipinski definition) is 1. The largest absolute Gasteiger partial charge is 0.454 e. The number of hydrogen-bond acceptors (Lipinski definition) is 1. The van der Waals surface area contributed by atoms with Crippen molar-refractivity contribution in [2.24, 2.45) is 0 Å². The Morgan fingerprint density at radius 3 is 2.65 bits per heavy atom. The third-order valence-electron chi connectivity index (χ3n) is 2.79. The van der Waals surface area contributed by atoms with E-state index in [-0.39, 0.29) is 10.9 Å². The molecule has 1 aromatic carbocycles. The molecule has 5 heteroatoms. The van der Waals surface area contributed by atoms with Crippen molar-refractivity contribution in [1.29, 1.82) is 0 Å². The van der Waals surface area contributed by atoms with Crippen LogP contribution in [-0.2, 0) is 0 Å². The van der Waals surface area contributed by atoms with Crippen LogP contribution in [0.15, 0.2) is 42.6 Å². The molecule has 1 heterocycles. The number of aromatic amines is 1. The molecule has 0 saturated carbocycles. The Hall–Kier alpha value is -2.30. The van der Waals surface area contributed by atoms with Crippen LogP contribution in [0.3, 0.4) is 0 Å². The summed E-state index contributed by atoms with van der Waals surface area (Å²) in [5.41, 5.74) is 1.43. The van der Waals surface area contributed by atoms with Crippen LogP contribution in [0.5, 0.6) is 0 Å². The van der Waals surface area contributed by atoms with Gasteiger partial charge in [0.15, 0.2) is 0 Å². The van der Waals surface area contributed by atoms with Crippen molar-refractivity contribution >= 4 is 22.8 Å². The van der Waals surface area contributed by atoms with Crippen molar-refractivity contribution in [3.8, 4) is 0 Å². The first-order valence-corrected chi connectivity index (χ1v) is 5.86. The van der Waals surface area contributed by atoms with Gasteiger partial charge in [-0.2, -0.15) is 13.2 Å². The van der Waals surface area contributed by atoms with E-state index in [1.807, 2.05) is 0 Å². The summed E-state index contributed by atoms with van der Waals surface area (Å²) < 4.78 is 37.8. The molecule has 0 unspecified atom stereocenters. The zero-order valence-corrected chi connectivity index (χ0v) is 10.7. The second-order valence-corrected chi connectivity index (χ2v) is 4.48. The minimum atomic E-state index is -4.89. The van der Waals surface area contributed by atoms with Crippen LogP contribution >= 0.6 is 0 Å². The van der Waals surface area contributed by atoms with Gasteiger partial charge in [0.1, 0.15) is 0 Å². The Balaban J connectivity index is 2.64. The highest BCUT2D eigenvalue weighted by Crippen LogP contribution is 2.29. The van der Waals surface area contributed by atoms with Gasteiger partial charge < -0.3 is 4.98 Å². The standard InChI is InChI=1S/C15H12F3NO/c1-9(2)6-7-10-4-3-5-12-13(10)11(8-19-12)14(20)15(16,17)18/h3-8,19H,1H2,2H3/b7-6+. The van der Waals surface area contributed by atoms with Crippen molar-refractivity contribution in [3.63, 3.8) is 0 Å². The first-order chi connectivity index (χ1) is 9.30. The van der Waals surface area contributed by atoms with Gasteiger partial charge in [0.05, 0.1) is 5.56 Å². The molecule has 0 amide bonds. The summed E-state index contributed by atoms with van der Waals surface area (Å²) in [5.74, 6) is -1.85. The normalized spacial score (nSPS) is 12.2. The molecular weight excluding hydrogens is 267 g/mol. The molecule has 0 spiro atoms. The number of alkyl halides is 3. The monoisotopic (exact) mass is 279 g/mol. The minimum absolute atomic E-state index is 0.271. The first kappa shape index (κ1) is 14.1. The van der Waals surface area contributed by atoms with Crippen LogP contribution in [-0.4, -0.2) is 16.9 Å². The van der Waals surface area contributed by atoms with Crippen molar-refractivity contribution in [1.82, 2.24) is 4.98 Å². The molecule has 0 aliphatic heterocycles. The molecule has 0 bridgehead atoms. The molecule has 2 aromatic rings. The maximum atomic E-state index is 12.6. The average molecular weight is 279 g/mol. The van der Waals surface area contributed by atoms with Gasteiger partial charge in [-0.3, -0.25) is 4.79 Å². The number of H-pyrrole nitrogens is 1. The molecule has 0 radical (unpaired) electrons. The molecule has 20 heavy (non-hydrogen) atoms. The summed E-state index contributed by atoms with van der Waals surface area (Å²) in [6.07, 6.45) is -0.464. The van der Waals surface area contributed by atoms with Crippen LogP contribution in [0, 0.1) is 0 Å². The fourth-order valence-electron chi connectivity index (χ4n) is 1.92. The van der Waals surface area contributed by atoms with Crippen molar-refractivity contribution < 1.29 is 18.0 Å². The van der Waals surface area contributed by atoms with Crippen molar-refractivity contribution in [3.05, 3.63) is 53.8 Å². The Labute approximate surface area is 113 Å². The molecule has 0 fully saturated rings. The average Bonchev–Trinajstić information content (AvgIpc) is 2.78. The number of fused-ring (bicyclic) bond motifs is 1. The highest BCUT2D eigenvalue weighted by molar-refractivity contribution is 6.12. The Morgan fingerprint density at radius 2 is 2.05 bits per heavy atom. The molecule has 0 saturated heterocycles. The summed E-state index contributed by atoms with van der Waals surface area (Å²) in [6, 6.07) is 4.99. The first-order valence-electron chi connectivity index (χ1n) is 5.86. The van der Waals surface area contributed by atoms with E-state index in [0.717, 1.165) is 11.8 Å².